The zero-order valence-corrected chi connectivity index (χ0v) is 15.4. The average Bonchev–Trinajstić information content (AvgIpc) is 2.99. The molecule has 0 bridgehead atoms. The van der Waals surface area contributed by atoms with E-state index in [1.54, 1.807) is 0 Å². The van der Waals surface area contributed by atoms with Crippen molar-refractivity contribution in [2.75, 3.05) is 16.8 Å². The van der Waals surface area contributed by atoms with Gasteiger partial charge in [0.2, 0.25) is 11.8 Å². The standard InChI is InChI=1S/C19H22F2N4O2/c1-11-6-16-15(4-3-5-25(16)10-14-7-12(2)24-27-14)22-17(11)23-18(26)13-8-19(20,21)9-13/h6-7,13H,3-5,8-10H2,1-2H3,(H,22,23,26). The number of hydrogen-bond donors (Lipinski definition) is 1. The Bertz CT molecular complexity index is 873. The van der Waals surface area contributed by atoms with Gasteiger partial charge < -0.3 is 14.7 Å². The second-order valence-electron chi connectivity index (χ2n) is 7.53. The van der Waals surface area contributed by atoms with E-state index in [1.807, 2.05) is 26.0 Å². The number of fused-ring (bicyclic) bond motifs is 1. The molecular weight excluding hydrogens is 354 g/mol. The Morgan fingerprint density at radius 1 is 1.37 bits per heavy atom. The largest absolute Gasteiger partial charge is 0.362 e. The van der Waals surface area contributed by atoms with Crippen molar-refractivity contribution in [3.05, 3.63) is 34.8 Å². The molecule has 0 radical (unpaired) electrons. The molecule has 27 heavy (non-hydrogen) atoms. The van der Waals surface area contributed by atoms with Crippen LogP contribution >= 0.6 is 0 Å². The number of amides is 1. The van der Waals surface area contributed by atoms with Gasteiger partial charge in [0.15, 0.2) is 5.76 Å². The number of hydrogen-bond acceptors (Lipinski definition) is 5. The molecule has 0 aromatic carbocycles. The molecule has 3 heterocycles. The smallest absolute Gasteiger partial charge is 0.249 e. The first-order valence-corrected chi connectivity index (χ1v) is 9.17. The molecule has 0 saturated heterocycles. The Kier molecular flexibility index (Phi) is 4.36. The predicted octanol–water partition coefficient (Wildman–Crippen LogP) is 3.62. The maximum Gasteiger partial charge on any atom is 0.249 e. The van der Waals surface area contributed by atoms with Crippen LogP contribution in [-0.4, -0.2) is 28.5 Å². The van der Waals surface area contributed by atoms with E-state index in [0.29, 0.717) is 12.4 Å². The van der Waals surface area contributed by atoms with Gasteiger partial charge in [-0.25, -0.2) is 13.8 Å². The summed E-state index contributed by atoms with van der Waals surface area (Å²) < 4.78 is 31.3. The second kappa shape index (κ2) is 6.58. The molecule has 1 aliphatic carbocycles. The van der Waals surface area contributed by atoms with Crippen molar-refractivity contribution < 1.29 is 18.1 Å². The number of anilines is 2. The minimum absolute atomic E-state index is 0.374. The number of halogens is 2. The fourth-order valence-corrected chi connectivity index (χ4v) is 3.69. The van der Waals surface area contributed by atoms with Gasteiger partial charge >= 0.3 is 0 Å². The highest BCUT2D eigenvalue weighted by molar-refractivity contribution is 5.93. The summed E-state index contributed by atoms with van der Waals surface area (Å²) >= 11 is 0. The quantitative estimate of drug-likeness (QED) is 0.882. The predicted molar refractivity (Wildman–Crippen MR) is 95.9 cm³/mol. The molecule has 2 aliphatic rings. The van der Waals surface area contributed by atoms with E-state index in [4.69, 9.17) is 4.52 Å². The third-order valence-electron chi connectivity index (χ3n) is 5.18. The van der Waals surface area contributed by atoms with Crippen molar-refractivity contribution >= 4 is 17.4 Å². The number of pyridine rings is 1. The Hall–Kier alpha value is -2.51. The number of alkyl halides is 2. The van der Waals surface area contributed by atoms with Gasteiger partial charge in [0.05, 0.1) is 23.6 Å². The number of carbonyl (C=O) groups is 1. The highest BCUT2D eigenvalue weighted by atomic mass is 19.3. The van der Waals surface area contributed by atoms with Gasteiger partial charge in [0.25, 0.3) is 0 Å². The molecule has 6 nitrogen and oxygen atoms in total. The molecular formula is C19H22F2N4O2. The summed E-state index contributed by atoms with van der Waals surface area (Å²) in [6.07, 6.45) is 0.991. The van der Waals surface area contributed by atoms with Crippen LogP contribution in [0.3, 0.4) is 0 Å². The lowest BCUT2D eigenvalue weighted by atomic mass is 9.81. The minimum atomic E-state index is -2.71. The van der Waals surface area contributed by atoms with E-state index >= 15 is 0 Å². The summed E-state index contributed by atoms with van der Waals surface area (Å²) in [4.78, 5) is 19.0. The average molecular weight is 376 g/mol. The topological polar surface area (TPSA) is 71.3 Å². The van der Waals surface area contributed by atoms with Crippen molar-refractivity contribution in [1.29, 1.82) is 0 Å². The number of rotatable bonds is 4. The molecule has 1 N–H and O–H groups in total. The molecule has 144 valence electrons. The van der Waals surface area contributed by atoms with Gasteiger partial charge in [-0.2, -0.15) is 0 Å². The molecule has 0 spiro atoms. The van der Waals surface area contributed by atoms with Crippen LogP contribution in [0.25, 0.3) is 0 Å². The number of aryl methyl sites for hydroxylation is 3. The first kappa shape index (κ1) is 17.9. The number of carbonyl (C=O) groups excluding carboxylic acids is 1. The fraction of sp³-hybridized carbons (Fsp3) is 0.526. The lowest BCUT2D eigenvalue weighted by molar-refractivity contribution is -0.145. The maximum atomic E-state index is 13.0. The zero-order valence-electron chi connectivity index (χ0n) is 15.4. The van der Waals surface area contributed by atoms with Crippen molar-refractivity contribution in [2.24, 2.45) is 5.92 Å². The summed E-state index contributed by atoms with van der Waals surface area (Å²) in [6.45, 7) is 5.24. The Morgan fingerprint density at radius 2 is 2.15 bits per heavy atom. The Labute approximate surface area is 155 Å². The van der Waals surface area contributed by atoms with Gasteiger partial charge in [-0.3, -0.25) is 4.79 Å². The molecule has 0 unspecified atom stereocenters. The van der Waals surface area contributed by atoms with Crippen LogP contribution in [0, 0.1) is 19.8 Å². The molecule has 1 fully saturated rings. The maximum absolute atomic E-state index is 13.0. The van der Waals surface area contributed by atoms with Crippen molar-refractivity contribution in [1.82, 2.24) is 10.1 Å². The SMILES string of the molecule is Cc1cc(CN2CCCc3nc(NC(=O)C4CC(F)(F)C4)c(C)cc32)on1. The van der Waals surface area contributed by atoms with Gasteiger partial charge in [0.1, 0.15) is 5.82 Å². The van der Waals surface area contributed by atoms with E-state index in [9.17, 15) is 13.6 Å². The molecule has 2 aromatic heterocycles. The van der Waals surface area contributed by atoms with Gasteiger partial charge in [-0.15, -0.1) is 0 Å². The summed E-state index contributed by atoms with van der Waals surface area (Å²) in [6, 6.07) is 3.91. The minimum Gasteiger partial charge on any atom is -0.362 e. The second-order valence-corrected chi connectivity index (χ2v) is 7.53. The highest BCUT2D eigenvalue weighted by Gasteiger charge is 2.48. The van der Waals surface area contributed by atoms with Crippen molar-refractivity contribution in [3.63, 3.8) is 0 Å². The van der Waals surface area contributed by atoms with Crippen LogP contribution in [0.5, 0.6) is 0 Å². The van der Waals surface area contributed by atoms with Crippen LogP contribution < -0.4 is 10.2 Å². The lowest BCUT2D eigenvalue weighted by Crippen LogP contribution is -2.42. The molecule has 4 rings (SSSR count). The molecule has 0 atom stereocenters. The third kappa shape index (κ3) is 3.65. The van der Waals surface area contributed by atoms with Crippen LogP contribution in [0.4, 0.5) is 20.3 Å². The zero-order chi connectivity index (χ0) is 19.2. The number of nitrogens with zero attached hydrogens (tertiary/aromatic N) is 3. The Morgan fingerprint density at radius 3 is 2.81 bits per heavy atom. The molecule has 1 saturated carbocycles. The van der Waals surface area contributed by atoms with Crippen molar-refractivity contribution in [2.45, 2.75) is 52.0 Å². The van der Waals surface area contributed by atoms with Crippen LogP contribution in [0.1, 0.15) is 42.0 Å². The van der Waals surface area contributed by atoms with E-state index in [2.05, 4.69) is 20.4 Å². The van der Waals surface area contributed by atoms with Crippen molar-refractivity contribution in [3.8, 4) is 0 Å². The molecule has 1 amide bonds. The van der Waals surface area contributed by atoms with Crippen LogP contribution in [-0.2, 0) is 17.8 Å². The Balaban J connectivity index is 1.51. The fourth-order valence-electron chi connectivity index (χ4n) is 3.69. The summed E-state index contributed by atoms with van der Waals surface area (Å²) in [7, 11) is 0. The van der Waals surface area contributed by atoms with Gasteiger partial charge in [-0.05, 0) is 38.3 Å². The third-order valence-corrected chi connectivity index (χ3v) is 5.18. The van der Waals surface area contributed by atoms with Crippen LogP contribution in [0.2, 0.25) is 0 Å². The first-order valence-electron chi connectivity index (χ1n) is 9.17. The monoisotopic (exact) mass is 376 g/mol. The molecule has 2 aromatic rings. The van der Waals surface area contributed by atoms with Gasteiger partial charge in [0, 0.05) is 31.4 Å². The molecule has 1 aliphatic heterocycles. The normalized spacial score (nSPS) is 18.7. The first-order chi connectivity index (χ1) is 12.8. The van der Waals surface area contributed by atoms with Crippen LogP contribution in [0.15, 0.2) is 16.7 Å². The van der Waals surface area contributed by atoms with E-state index in [1.165, 1.54) is 0 Å². The summed E-state index contributed by atoms with van der Waals surface area (Å²) in [5, 5.41) is 6.66. The van der Waals surface area contributed by atoms with Gasteiger partial charge in [-0.1, -0.05) is 5.16 Å². The summed E-state index contributed by atoms with van der Waals surface area (Å²) in [5.41, 5.74) is 3.57. The van der Waals surface area contributed by atoms with E-state index in [0.717, 1.165) is 47.8 Å². The molecule has 8 heteroatoms. The number of aromatic nitrogens is 2. The van der Waals surface area contributed by atoms with E-state index in [-0.39, 0.29) is 18.7 Å². The summed E-state index contributed by atoms with van der Waals surface area (Å²) in [5.74, 6) is -2.46. The lowest BCUT2D eigenvalue weighted by Gasteiger charge is -2.34. The van der Waals surface area contributed by atoms with E-state index < -0.39 is 11.8 Å². The number of nitrogens with one attached hydrogen (secondary N) is 1. The highest BCUT2D eigenvalue weighted by Crippen LogP contribution is 2.43.